The number of carbonyl (C=O) groups is 2. The number of benzene rings is 4. The third-order valence-corrected chi connectivity index (χ3v) is 7.55. The average Bonchev–Trinajstić information content (AvgIpc) is 3.13. The first-order valence-electron chi connectivity index (χ1n) is 13.4. The van der Waals surface area contributed by atoms with Crippen LogP contribution in [0.2, 0.25) is 5.02 Å². The van der Waals surface area contributed by atoms with Crippen molar-refractivity contribution >= 4 is 51.9 Å². The molecule has 2 aliphatic rings. The largest absolute Gasteiger partial charge is 0.495 e. The Morgan fingerprint density at radius 3 is 2.44 bits per heavy atom. The quantitative estimate of drug-likeness (QED) is 0.251. The van der Waals surface area contributed by atoms with Crippen LogP contribution < -0.4 is 25.6 Å². The topological polar surface area (TPSA) is 91.9 Å². The van der Waals surface area contributed by atoms with Crippen molar-refractivity contribution in [2.24, 2.45) is 0 Å². The molecule has 0 spiro atoms. The number of halogens is 1. The molecule has 8 nitrogen and oxygen atoms in total. The van der Waals surface area contributed by atoms with E-state index in [0.29, 0.717) is 27.7 Å². The van der Waals surface area contributed by atoms with Gasteiger partial charge in [-0.1, -0.05) is 29.8 Å². The number of hydrogen-bond acceptors (Lipinski definition) is 6. The monoisotopic (exact) mass is 568 g/mol. The molecule has 0 radical (unpaired) electrons. The zero-order valence-electron chi connectivity index (χ0n) is 22.5. The fourth-order valence-corrected chi connectivity index (χ4v) is 5.28. The van der Waals surface area contributed by atoms with Crippen LogP contribution in [0.3, 0.4) is 0 Å². The molecule has 3 N–H and O–H groups in total. The van der Waals surface area contributed by atoms with Crippen molar-refractivity contribution in [1.29, 1.82) is 0 Å². The summed E-state index contributed by atoms with van der Waals surface area (Å²) in [4.78, 5) is 28.2. The number of fused-ring (bicyclic) bond motifs is 2. The lowest BCUT2D eigenvalue weighted by Crippen LogP contribution is -2.36. The van der Waals surface area contributed by atoms with Gasteiger partial charge in [0.1, 0.15) is 5.75 Å². The Balaban J connectivity index is 1.15. The highest BCUT2D eigenvalue weighted by molar-refractivity contribution is 6.32. The Hall–Kier alpha value is -4.53. The molecule has 2 aliphatic heterocycles. The molecule has 0 bridgehead atoms. The summed E-state index contributed by atoms with van der Waals surface area (Å²) in [5.41, 5.74) is 7.01. The minimum Gasteiger partial charge on any atom is -0.495 e. The number of carbonyl (C=O) groups excluding carboxylic acids is 2. The van der Waals surface area contributed by atoms with Gasteiger partial charge in [0.05, 0.1) is 54.4 Å². The second-order valence-corrected chi connectivity index (χ2v) is 10.3. The molecule has 2 amide bonds. The molecule has 2 heterocycles. The Morgan fingerprint density at radius 2 is 1.66 bits per heavy atom. The summed E-state index contributed by atoms with van der Waals surface area (Å²) in [6.07, 6.45) is 0.170. The van der Waals surface area contributed by atoms with Crippen molar-refractivity contribution in [3.05, 3.63) is 95.0 Å². The zero-order chi connectivity index (χ0) is 28.3. The second-order valence-electron chi connectivity index (χ2n) is 9.94. The summed E-state index contributed by atoms with van der Waals surface area (Å²) in [7, 11) is 1.58. The van der Waals surface area contributed by atoms with Crippen LogP contribution in [0.25, 0.3) is 11.1 Å². The van der Waals surface area contributed by atoms with E-state index in [9.17, 15) is 9.59 Å². The highest BCUT2D eigenvalue weighted by Gasteiger charge is 2.21. The smallest absolute Gasteiger partial charge is 0.257 e. The molecule has 208 valence electrons. The summed E-state index contributed by atoms with van der Waals surface area (Å²) < 4.78 is 10.8. The molecule has 0 saturated carbocycles. The van der Waals surface area contributed by atoms with Gasteiger partial charge in [0.15, 0.2) is 0 Å². The predicted molar refractivity (Wildman–Crippen MR) is 163 cm³/mol. The minimum absolute atomic E-state index is 0.136. The highest BCUT2D eigenvalue weighted by Crippen LogP contribution is 2.37. The number of ether oxygens (including phenoxy) is 2. The fraction of sp³-hybridized carbons (Fsp3) is 0.188. The van der Waals surface area contributed by atoms with Crippen LogP contribution in [-0.2, 0) is 16.0 Å². The maximum absolute atomic E-state index is 13.1. The second kappa shape index (κ2) is 11.5. The SMILES string of the molecule is COc1cc(-c2ccc3c(c2)Nc2ccc(CC(=O)Nc4ccc(N5CCOCC5)cc4)cc2NC3=O)ccc1Cl. The lowest BCUT2D eigenvalue weighted by atomic mass is 10.0. The molecule has 6 rings (SSSR count). The highest BCUT2D eigenvalue weighted by atomic mass is 35.5. The molecule has 0 aromatic heterocycles. The van der Waals surface area contributed by atoms with Gasteiger partial charge >= 0.3 is 0 Å². The molecule has 4 aromatic carbocycles. The Morgan fingerprint density at radius 1 is 0.902 bits per heavy atom. The third kappa shape index (κ3) is 5.84. The molecular weight excluding hydrogens is 540 g/mol. The van der Waals surface area contributed by atoms with Gasteiger partial charge in [-0.05, 0) is 77.4 Å². The van der Waals surface area contributed by atoms with E-state index in [0.717, 1.165) is 60.1 Å². The summed E-state index contributed by atoms with van der Waals surface area (Å²) in [5.74, 6) is 0.216. The van der Waals surface area contributed by atoms with Gasteiger partial charge in [-0.3, -0.25) is 9.59 Å². The maximum Gasteiger partial charge on any atom is 0.257 e. The van der Waals surface area contributed by atoms with Crippen molar-refractivity contribution in [2.75, 3.05) is 54.3 Å². The van der Waals surface area contributed by atoms with Gasteiger partial charge in [-0.25, -0.2) is 0 Å². The van der Waals surface area contributed by atoms with Crippen molar-refractivity contribution in [2.45, 2.75) is 6.42 Å². The fourth-order valence-electron chi connectivity index (χ4n) is 5.08. The average molecular weight is 569 g/mol. The van der Waals surface area contributed by atoms with E-state index in [4.69, 9.17) is 21.1 Å². The summed E-state index contributed by atoms with van der Waals surface area (Å²) in [6, 6.07) is 24.6. The van der Waals surface area contributed by atoms with Gasteiger partial charge in [0.25, 0.3) is 5.91 Å². The normalized spacial score (nSPS) is 14.2. The van der Waals surface area contributed by atoms with E-state index in [1.165, 1.54) is 0 Å². The third-order valence-electron chi connectivity index (χ3n) is 7.24. The molecule has 41 heavy (non-hydrogen) atoms. The molecule has 0 atom stereocenters. The Kier molecular flexibility index (Phi) is 7.50. The lowest BCUT2D eigenvalue weighted by Gasteiger charge is -2.28. The Bertz CT molecular complexity index is 1620. The molecule has 9 heteroatoms. The molecule has 1 saturated heterocycles. The number of morpholine rings is 1. The number of anilines is 5. The summed E-state index contributed by atoms with van der Waals surface area (Å²) in [6.45, 7) is 3.17. The van der Waals surface area contributed by atoms with Crippen LogP contribution in [0, 0.1) is 0 Å². The lowest BCUT2D eigenvalue weighted by molar-refractivity contribution is -0.115. The first-order chi connectivity index (χ1) is 20.0. The molecule has 1 fully saturated rings. The van der Waals surface area contributed by atoms with Crippen LogP contribution in [0.4, 0.5) is 28.4 Å². The summed E-state index contributed by atoms with van der Waals surface area (Å²) in [5, 5.41) is 9.86. The first-order valence-corrected chi connectivity index (χ1v) is 13.8. The standard InChI is InChI=1S/C32H29ClN4O4/c1-40-30-19-22(4-10-26(30)33)21-3-9-25-28(18-21)35-27-11-2-20(16-29(27)36-32(25)39)17-31(38)34-23-5-7-24(8-6-23)37-12-14-41-15-13-37/h2-11,16,18-19,35H,12-15,17H2,1H3,(H,34,38)(H,36,39). The maximum atomic E-state index is 13.1. The van der Waals surface area contributed by atoms with Crippen molar-refractivity contribution in [3.8, 4) is 16.9 Å². The molecular formula is C32H29ClN4O4. The van der Waals surface area contributed by atoms with Gasteiger partial charge in [-0.2, -0.15) is 0 Å². The molecule has 0 unspecified atom stereocenters. The van der Waals surface area contributed by atoms with E-state index < -0.39 is 0 Å². The number of methoxy groups -OCH3 is 1. The number of nitrogens with zero attached hydrogens (tertiary/aromatic N) is 1. The van der Waals surface area contributed by atoms with Crippen molar-refractivity contribution < 1.29 is 19.1 Å². The number of hydrogen-bond donors (Lipinski definition) is 3. The van der Waals surface area contributed by atoms with E-state index in [1.807, 2.05) is 66.7 Å². The van der Waals surface area contributed by atoms with Crippen LogP contribution in [-0.4, -0.2) is 45.2 Å². The Labute approximate surface area is 243 Å². The molecule has 0 aliphatic carbocycles. The van der Waals surface area contributed by atoms with Crippen LogP contribution in [0.5, 0.6) is 5.75 Å². The van der Waals surface area contributed by atoms with Crippen LogP contribution in [0.15, 0.2) is 78.9 Å². The van der Waals surface area contributed by atoms with Gasteiger partial charge in [0.2, 0.25) is 5.91 Å². The number of amides is 2. The van der Waals surface area contributed by atoms with E-state index >= 15 is 0 Å². The first kappa shape index (κ1) is 26.7. The van der Waals surface area contributed by atoms with E-state index in [-0.39, 0.29) is 18.2 Å². The zero-order valence-corrected chi connectivity index (χ0v) is 23.3. The predicted octanol–water partition coefficient (Wildman–Crippen LogP) is 6.34. The van der Waals surface area contributed by atoms with Gasteiger partial charge in [0, 0.05) is 24.5 Å². The van der Waals surface area contributed by atoms with E-state index in [2.05, 4.69) is 20.9 Å². The van der Waals surface area contributed by atoms with Gasteiger partial charge < -0.3 is 30.3 Å². The van der Waals surface area contributed by atoms with E-state index in [1.54, 1.807) is 19.2 Å². The summed E-state index contributed by atoms with van der Waals surface area (Å²) >= 11 is 6.19. The van der Waals surface area contributed by atoms with Crippen LogP contribution in [0.1, 0.15) is 15.9 Å². The van der Waals surface area contributed by atoms with Crippen molar-refractivity contribution in [1.82, 2.24) is 0 Å². The number of rotatable bonds is 6. The van der Waals surface area contributed by atoms with Gasteiger partial charge in [-0.15, -0.1) is 0 Å². The number of nitrogens with one attached hydrogen (secondary N) is 3. The molecule has 4 aromatic rings. The van der Waals surface area contributed by atoms with Crippen LogP contribution >= 0.6 is 11.6 Å². The van der Waals surface area contributed by atoms with Crippen molar-refractivity contribution in [3.63, 3.8) is 0 Å². The minimum atomic E-state index is -0.228.